The molecule has 7 nitrogen and oxygen atoms in total. The number of hydrogen-bond donors (Lipinski definition) is 1. The number of halogens is 2. The fourth-order valence-electron chi connectivity index (χ4n) is 2.62. The largest absolute Gasteiger partial charge is 0.493 e. The van der Waals surface area contributed by atoms with Crippen LogP contribution in [-0.2, 0) is 11.3 Å². The van der Waals surface area contributed by atoms with Crippen LogP contribution < -0.4 is 14.8 Å². The number of rotatable bonds is 7. The monoisotopic (exact) mass is 417 g/mol. The van der Waals surface area contributed by atoms with E-state index in [1.807, 2.05) is 0 Å². The van der Waals surface area contributed by atoms with Crippen LogP contribution in [0.3, 0.4) is 0 Å². The normalized spacial score (nSPS) is 10.4. The highest BCUT2D eigenvalue weighted by molar-refractivity contribution is 6.07. The number of ether oxygens (including phenoxy) is 3. The Labute approximate surface area is 170 Å². The molecule has 3 aromatic rings. The minimum Gasteiger partial charge on any atom is -0.493 e. The van der Waals surface area contributed by atoms with Gasteiger partial charge < -0.3 is 23.9 Å². The summed E-state index contributed by atoms with van der Waals surface area (Å²) in [6.45, 7) is -0.512. The Kier molecular flexibility index (Phi) is 6.31. The molecular formula is C21H17F2NO6. The Morgan fingerprint density at radius 1 is 1.03 bits per heavy atom. The van der Waals surface area contributed by atoms with Gasteiger partial charge in [0.05, 0.1) is 31.7 Å². The zero-order chi connectivity index (χ0) is 21.7. The van der Waals surface area contributed by atoms with E-state index in [1.165, 1.54) is 56.9 Å². The molecule has 1 heterocycles. The predicted molar refractivity (Wildman–Crippen MR) is 102 cm³/mol. The molecule has 0 fully saturated rings. The number of carbonyl (C=O) groups excluding carboxylic acids is 2. The number of esters is 1. The van der Waals surface area contributed by atoms with Crippen molar-refractivity contribution in [2.24, 2.45) is 0 Å². The van der Waals surface area contributed by atoms with E-state index in [2.05, 4.69) is 5.32 Å². The summed E-state index contributed by atoms with van der Waals surface area (Å²) in [4.78, 5) is 25.0. The summed E-state index contributed by atoms with van der Waals surface area (Å²) in [5.41, 5.74) is -0.159. The molecule has 0 bridgehead atoms. The summed E-state index contributed by atoms with van der Waals surface area (Å²) in [6, 6.07) is 9.21. The Balaban J connectivity index is 1.89. The number of anilines is 1. The van der Waals surface area contributed by atoms with Gasteiger partial charge in [0, 0.05) is 17.7 Å². The highest BCUT2D eigenvalue weighted by Gasteiger charge is 2.21. The molecule has 30 heavy (non-hydrogen) atoms. The third-order valence-corrected chi connectivity index (χ3v) is 4.13. The molecule has 0 unspecified atom stereocenters. The lowest BCUT2D eigenvalue weighted by atomic mass is 10.1. The fraction of sp³-hybridized carbons (Fsp3) is 0.143. The van der Waals surface area contributed by atoms with Crippen LogP contribution in [0.25, 0.3) is 0 Å². The summed E-state index contributed by atoms with van der Waals surface area (Å²) < 4.78 is 47.7. The molecular weight excluding hydrogens is 400 g/mol. The molecule has 1 N–H and O–H groups in total. The van der Waals surface area contributed by atoms with E-state index in [-0.39, 0.29) is 34.1 Å². The van der Waals surface area contributed by atoms with Gasteiger partial charge in [-0.1, -0.05) is 12.1 Å². The zero-order valence-electron chi connectivity index (χ0n) is 16.0. The first kappa shape index (κ1) is 20.8. The van der Waals surface area contributed by atoms with E-state index in [0.29, 0.717) is 0 Å². The van der Waals surface area contributed by atoms with Crippen LogP contribution in [0, 0.1) is 11.6 Å². The molecule has 9 heteroatoms. The topological polar surface area (TPSA) is 87.0 Å². The van der Waals surface area contributed by atoms with E-state index >= 15 is 0 Å². The maximum Gasteiger partial charge on any atom is 0.340 e. The van der Waals surface area contributed by atoms with Crippen LogP contribution in [0.15, 0.2) is 53.1 Å². The SMILES string of the molecule is COc1cc(NC(=O)c2ccco2)c(C(=O)OCc2cccc(F)c2F)cc1OC. The molecule has 0 aliphatic carbocycles. The first-order valence-corrected chi connectivity index (χ1v) is 8.65. The van der Waals surface area contributed by atoms with Gasteiger partial charge in [0.1, 0.15) is 6.61 Å². The lowest BCUT2D eigenvalue weighted by Gasteiger charge is -2.15. The molecule has 0 radical (unpaired) electrons. The number of furan rings is 1. The average Bonchev–Trinajstić information content (AvgIpc) is 3.29. The van der Waals surface area contributed by atoms with Crippen molar-refractivity contribution in [2.45, 2.75) is 6.61 Å². The van der Waals surface area contributed by atoms with Gasteiger partial charge in [0.15, 0.2) is 28.9 Å². The third kappa shape index (κ3) is 4.40. The Hall–Kier alpha value is -3.88. The minimum absolute atomic E-state index is 0.0194. The van der Waals surface area contributed by atoms with E-state index in [0.717, 1.165) is 6.07 Å². The summed E-state index contributed by atoms with van der Waals surface area (Å²) in [7, 11) is 2.76. The Morgan fingerprint density at radius 2 is 1.77 bits per heavy atom. The Morgan fingerprint density at radius 3 is 2.43 bits per heavy atom. The lowest BCUT2D eigenvalue weighted by molar-refractivity contribution is 0.0469. The van der Waals surface area contributed by atoms with Crippen LogP contribution in [0.1, 0.15) is 26.5 Å². The van der Waals surface area contributed by atoms with Gasteiger partial charge in [-0.25, -0.2) is 13.6 Å². The van der Waals surface area contributed by atoms with E-state index < -0.39 is 30.1 Å². The maximum atomic E-state index is 13.8. The van der Waals surface area contributed by atoms with Crippen LogP contribution in [0.5, 0.6) is 11.5 Å². The van der Waals surface area contributed by atoms with Crippen LogP contribution in [-0.4, -0.2) is 26.1 Å². The zero-order valence-corrected chi connectivity index (χ0v) is 16.0. The molecule has 0 saturated heterocycles. The van der Waals surface area contributed by atoms with Crippen LogP contribution >= 0.6 is 0 Å². The first-order chi connectivity index (χ1) is 14.4. The van der Waals surface area contributed by atoms with Crippen molar-refractivity contribution >= 4 is 17.6 Å². The number of hydrogen-bond acceptors (Lipinski definition) is 6. The van der Waals surface area contributed by atoms with E-state index in [4.69, 9.17) is 18.6 Å². The highest BCUT2D eigenvalue weighted by Crippen LogP contribution is 2.34. The van der Waals surface area contributed by atoms with Gasteiger partial charge in [0.2, 0.25) is 0 Å². The van der Waals surface area contributed by atoms with Crippen molar-refractivity contribution in [1.29, 1.82) is 0 Å². The van der Waals surface area contributed by atoms with Crippen LogP contribution in [0.4, 0.5) is 14.5 Å². The van der Waals surface area contributed by atoms with Crippen molar-refractivity contribution in [3.63, 3.8) is 0 Å². The molecule has 0 aliphatic rings. The maximum absolute atomic E-state index is 13.8. The van der Waals surface area contributed by atoms with E-state index in [9.17, 15) is 18.4 Å². The molecule has 0 spiro atoms. The molecule has 1 amide bonds. The van der Waals surface area contributed by atoms with Gasteiger partial charge in [-0.3, -0.25) is 4.79 Å². The van der Waals surface area contributed by atoms with Gasteiger partial charge in [-0.15, -0.1) is 0 Å². The number of carbonyl (C=O) groups is 2. The fourth-order valence-corrected chi connectivity index (χ4v) is 2.62. The third-order valence-electron chi connectivity index (χ3n) is 4.13. The highest BCUT2D eigenvalue weighted by atomic mass is 19.2. The molecule has 0 atom stereocenters. The molecule has 0 aliphatic heterocycles. The van der Waals surface area contributed by atoms with Crippen LogP contribution in [0.2, 0.25) is 0 Å². The quantitative estimate of drug-likeness (QED) is 0.581. The smallest absolute Gasteiger partial charge is 0.340 e. The van der Waals surface area contributed by atoms with Gasteiger partial charge >= 0.3 is 5.97 Å². The van der Waals surface area contributed by atoms with Gasteiger partial charge in [-0.05, 0) is 18.2 Å². The standard InChI is InChI=1S/C21H17F2NO6/c1-27-17-9-13(21(26)30-11-12-5-3-6-14(22)19(12)23)15(10-18(17)28-2)24-20(25)16-7-4-8-29-16/h3-10H,11H2,1-2H3,(H,24,25). The predicted octanol–water partition coefficient (Wildman–Crippen LogP) is 4.18. The lowest BCUT2D eigenvalue weighted by Crippen LogP contribution is -2.16. The summed E-state index contributed by atoms with van der Waals surface area (Å²) in [5, 5.41) is 2.54. The summed E-state index contributed by atoms with van der Waals surface area (Å²) in [6.07, 6.45) is 1.33. The van der Waals surface area contributed by atoms with Crippen molar-refractivity contribution in [2.75, 3.05) is 19.5 Å². The minimum atomic E-state index is -1.11. The number of benzene rings is 2. The molecule has 0 saturated carbocycles. The van der Waals surface area contributed by atoms with Crippen molar-refractivity contribution in [1.82, 2.24) is 0 Å². The number of methoxy groups -OCH3 is 2. The second-order valence-electron chi connectivity index (χ2n) is 5.97. The van der Waals surface area contributed by atoms with Crippen molar-refractivity contribution in [3.8, 4) is 11.5 Å². The average molecular weight is 417 g/mol. The number of nitrogens with one attached hydrogen (secondary N) is 1. The molecule has 2 aromatic carbocycles. The first-order valence-electron chi connectivity index (χ1n) is 8.65. The second kappa shape index (κ2) is 9.08. The van der Waals surface area contributed by atoms with Gasteiger partial charge in [0.25, 0.3) is 5.91 Å². The molecule has 3 rings (SSSR count). The summed E-state index contributed by atoms with van der Waals surface area (Å²) >= 11 is 0. The van der Waals surface area contributed by atoms with Crippen molar-refractivity contribution < 1.29 is 37.0 Å². The van der Waals surface area contributed by atoms with Gasteiger partial charge in [-0.2, -0.15) is 0 Å². The summed E-state index contributed by atoms with van der Waals surface area (Å²) in [5.74, 6) is -3.19. The number of amides is 1. The van der Waals surface area contributed by atoms with E-state index in [1.54, 1.807) is 0 Å². The molecule has 156 valence electrons. The van der Waals surface area contributed by atoms with Crippen molar-refractivity contribution in [3.05, 3.63) is 77.2 Å². The molecule has 1 aromatic heterocycles. The second-order valence-corrected chi connectivity index (χ2v) is 5.97. The Bertz CT molecular complexity index is 1070.